The van der Waals surface area contributed by atoms with E-state index >= 15 is 0 Å². The molecule has 0 bridgehead atoms. The first-order valence-corrected chi connectivity index (χ1v) is 11.2. The highest BCUT2D eigenvalue weighted by molar-refractivity contribution is 6.28. The molecule has 4 aliphatic heterocycles. The van der Waals surface area contributed by atoms with Crippen LogP contribution in [0.15, 0.2) is 66.7 Å². The number of benzene rings is 3. The summed E-state index contributed by atoms with van der Waals surface area (Å²) in [5.41, 5.74) is 1.06. The number of anilines is 2. The van der Waals surface area contributed by atoms with Crippen LogP contribution in [-0.4, -0.2) is 35.2 Å². The van der Waals surface area contributed by atoms with Crippen LogP contribution in [0.2, 0.25) is 0 Å². The Labute approximate surface area is 184 Å². The normalized spacial score (nSPS) is 30.8. The summed E-state index contributed by atoms with van der Waals surface area (Å²) in [6, 6.07) is 21.0. The predicted octanol–water partition coefficient (Wildman–Crippen LogP) is 3.27. The van der Waals surface area contributed by atoms with E-state index < -0.39 is 17.4 Å². The highest BCUT2D eigenvalue weighted by Gasteiger charge is 2.74. The van der Waals surface area contributed by atoms with E-state index in [9.17, 15) is 14.4 Å². The summed E-state index contributed by atoms with van der Waals surface area (Å²) in [5.74, 6) is -1.86. The summed E-state index contributed by atoms with van der Waals surface area (Å²) in [6.45, 7) is 0.717. The van der Waals surface area contributed by atoms with E-state index in [1.807, 2.05) is 66.7 Å². The van der Waals surface area contributed by atoms with Gasteiger partial charge in [0.05, 0.1) is 17.5 Å². The van der Waals surface area contributed by atoms with Crippen LogP contribution in [0.25, 0.3) is 10.8 Å². The Balaban J connectivity index is 1.45. The van der Waals surface area contributed by atoms with Crippen molar-refractivity contribution in [2.24, 2.45) is 11.8 Å². The molecule has 158 valence electrons. The Morgan fingerprint density at radius 2 is 1.66 bits per heavy atom. The smallest absolute Gasteiger partial charge is 0.250 e. The van der Waals surface area contributed by atoms with Crippen LogP contribution in [0.5, 0.6) is 0 Å². The van der Waals surface area contributed by atoms with Crippen LogP contribution in [0, 0.1) is 11.8 Å². The summed E-state index contributed by atoms with van der Waals surface area (Å²) >= 11 is 0. The van der Waals surface area contributed by atoms with Crippen molar-refractivity contribution in [2.45, 2.75) is 24.4 Å². The molecular weight excluding hydrogens is 402 g/mol. The molecule has 1 N–H and O–H groups in total. The second kappa shape index (κ2) is 6.04. The standard InChI is InChI=1S/C26H21N3O3/c30-23-21-20-13-6-14-28(20)26(17-10-3-4-11-18(17)27-25(26)32)22(21)24(31)29(23)19-12-5-8-15-7-1-2-9-16(15)19/h1-5,7-12,20-22H,6,13-14H2,(H,27,32)/t20-,21+,22-,26-/m1/s1. The zero-order valence-corrected chi connectivity index (χ0v) is 17.3. The van der Waals surface area contributed by atoms with E-state index in [4.69, 9.17) is 0 Å². The summed E-state index contributed by atoms with van der Waals surface area (Å²) < 4.78 is 0. The van der Waals surface area contributed by atoms with Gasteiger partial charge in [0.2, 0.25) is 17.7 Å². The van der Waals surface area contributed by atoms with Gasteiger partial charge in [0.25, 0.3) is 0 Å². The molecule has 32 heavy (non-hydrogen) atoms. The van der Waals surface area contributed by atoms with Gasteiger partial charge in [0.1, 0.15) is 5.54 Å². The van der Waals surface area contributed by atoms with Gasteiger partial charge in [0.15, 0.2) is 0 Å². The van der Waals surface area contributed by atoms with Gasteiger partial charge in [-0.1, -0.05) is 54.6 Å². The quantitative estimate of drug-likeness (QED) is 0.610. The van der Waals surface area contributed by atoms with Crippen LogP contribution in [0.4, 0.5) is 11.4 Å². The van der Waals surface area contributed by atoms with Crippen molar-refractivity contribution in [3.8, 4) is 0 Å². The van der Waals surface area contributed by atoms with Crippen molar-refractivity contribution >= 4 is 39.9 Å². The molecule has 3 aromatic carbocycles. The topological polar surface area (TPSA) is 69.7 Å². The highest BCUT2D eigenvalue weighted by atomic mass is 16.2. The van der Waals surface area contributed by atoms with E-state index in [-0.39, 0.29) is 23.8 Å². The summed E-state index contributed by atoms with van der Waals surface area (Å²) in [4.78, 5) is 45.1. The number of nitrogens with zero attached hydrogens (tertiary/aromatic N) is 2. The third-order valence-corrected chi connectivity index (χ3v) is 7.91. The van der Waals surface area contributed by atoms with Crippen molar-refractivity contribution in [2.75, 3.05) is 16.8 Å². The largest absolute Gasteiger partial charge is 0.324 e. The lowest BCUT2D eigenvalue weighted by molar-refractivity contribution is -0.135. The Hall–Kier alpha value is -3.51. The van der Waals surface area contributed by atoms with Crippen molar-refractivity contribution in [3.63, 3.8) is 0 Å². The molecule has 1 spiro atoms. The number of rotatable bonds is 1. The summed E-state index contributed by atoms with van der Waals surface area (Å²) in [7, 11) is 0. The second-order valence-corrected chi connectivity index (χ2v) is 9.18. The van der Waals surface area contributed by atoms with Crippen molar-refractivity contribution in [1.82, 2.24) is 4.90 Å². The van der Waals surface area contributed by atoms with E-state index in [2.05, 4.69) is 10.2 Å². The van der Waals surface area contributed by atoms with E-state index in [1.54, 1.807) is 0 Å². The minimum Gasteiger partial charge on any atom is -0.324 e. The van der Waals surface area contributed by atoms with Gasteiger partial charge in [-0.3, -0.25) is 19.3 Å². The maximum absolute atomic E-state index is 14.1. The van der Waals surface area contributed by atoms with Crippen LogP contribution in [-0.2, 0) is 19.9 Å². The van der Waals surface area contributed by atoms with Crippen LogP contribution in [0.1, 0.15) is 18.4 Å². The molecule has 3 fully saturated rings. The number of hydrogen-bond donors (Lipinski definition) is 1. The molecule has 3 aromatic rings. The molecule has 3 saturated heterocycles. The lowest BCUT2D eigenvalue weighted by atomic mass is 9.75. The maximum atomic E-state index is 14.1. The van der Waals surface area contributed by atoms with Gasteiger partial charge in [-0.05, 0) is 36.9 Å². The zero-order chi connectivity index (χ0) is 21.6. The lowest BCUT2D eigenvalue weighted by Gasteiger charge is -2.36. The molecule has 3 amide bonds. The molecule has 4 atom stereocenters. The number of hydrogen-bond acceptors (Lipinski definition) is 4. The van der Waals surface area contributed by atoms with Crippen LogP contribution in [0.3, 0.4) is 0 Å². The Bertz CT molecular complexity index is 1350. The van der Waals surface area contributed by atoms with Gasteiger partial charge < -0.3 is 5.32 Å². The fourth-order valence-corrected chi connectivity index (χ4v) is 6.80. The van der Waals surface area contributed by atoms with Gasteiger partial charge in [0, 0.05) is 22.7 Å². The molecule has 0 unspecified atom stereocenters. The van der Waals surface area contributed by atoms with Crippen molar-refractivity contribution < 1.29 is 14.4 Å². The zero-order valence-electron chi connectivity index (χ0n) is 17.3. The Morgan fingerprint density at radius 1 is 0.875 bits per heavy atom. The Morgan fingerprint density at radius 3 is 2.56 bits per heavy atom. The number of para-hydroxylation sites is 1. The minimum atomic E-state index is -1.12. The SMILES string of the molecule is O=C1[C@H]2[C@H]3CCCN3[C@@]3(C(=O)Nc4ccccc43)[C@H]2C(=O)N1c1cccc2ccccc12. The summed E-state index contributed by atoms with van der Waals surface area (Å²) in [5, 5.41) is 4.85. The summed E-state index contributed by atoms with van der Waals surface area (Å²) in [6.07, 6.45) is 1.74. The molecular formula is C26H21N3O3. The van der Waals surface area contributed by atoms with Crippen LogP contribution < -0.4 is 10.2 Å². The number of nitrogens with one attached hydrogen (secondary N) is 1. The lowest BCUT2D eigenvalue weighted by Crippen LogP contribution is -2.54. The first-order chi connectivity index (χ1) is 15.6. The number of imide groups is 1. The van der Waals surface area contributed by atoms with E-state index in [1.165, 1.54) is 4.90 Å². The number of fused-ring (bicyclic) bond motifs is 8. The molecule has 4 aliphatic rings. The molecule has 6 heteroatoms. The molecule has 0 aromatic heterocycles. The predicted molar refractivity (Wildman–Crippen MR) is 120 cm³/mol. The first kappa shape index (κ1) is 18.1. The van der Waals surface area contributed by atoms with Gasteiger partial charge in [-0.2, -0.15) is 0 Å². The van der Waals surface area contributed by atoms with Gasteiger partial charge in [-0.25, -0.2) is 4.90 Å². The average molecular weight is 423 g/mol. The molecule has 0 radical (unpaired) electrons. The van der Waals surface area contributed by atoms with Crippen molar-refractivity contribution in [1.29, 1.82) is 0 Å². The van der Waals surface area contributed by atoms with Crippen molar-refractivity contribution in [3.05, 3.63) is 72.3 Å². The van der Waals surface area contributed by atoms with E-state index in [0.717, 1.165) is 34.9 Å². The van der Waals surface area contributed by atoms with Gasteiger partial charge in [-0.15, -0.1) is 0 Å². The Kier molecular flexibility index (Phi) is 3.42. The van der Waals surface area contributed by atoms with E-state index in [0.29, 0.717) is 12.2 Å². The fourth-order valence-electron chi connectivity index (χ4n) is 6.80. The third-order valence-electron chi connectivity index (χ3n) is 7.91. The molecule has 4 heterocycles. The monoisotopic (exact) mass is 423 g/mol. The second-order valence-electron chi connectivity index (χ2n) is 9.18. The number of amides is 3. The minimum absolute atomic E-state index is 0.103. The molecule has 0 saturated carbocycles. The van der Waals surface area contributed by atoms with Gasteiger partial charge >= 0.3 is 0 Å². The number of carbonyl (C=O) groups excluding carboxylic acids is 3. The molecule has 7 rings (SSSR count). The fraction of sp³-hybridized carbons (Fsp3) is 0.269. The number of carbonyl (C=O) groups is 3. The molecule has 0 aliphatic carbocycles. The molecule has 6 nitrogen and oxygen atoms in total. The third kappa shape index (κ3) is 1.93. The first-order valence-electron chi connectivity index (χ1n) is 11.2. The maximum Gasteiger partial charge on any atom is 0.250 e. The average Bonchev–Trinajstić information content (AvgIpc) is 3.52. The van der Waals surface area contributed by atoms with Crippen LogP contribution >= 0.6 is 0 Å². The highest BCUT2D eigenvalue weighted by Crippen LogP contribution is 2.60.